The van der Waals surface area contributed by atoms with Crippen LogP contribution in [0.4, 0.5) is 11.8 Å². The van der Waals surface area contributed by atoms with Gasteiger partial charge in [0.1, 0.15) is 11.0 Å². The predicted molar refractivity (Wildman–Crippen MR) is 109 cm³/mol. The molecule has 11 heteroatoms. The van der Waals surface area contributed by atoms with E-state index in [0.29, 0.717) is 25.9 Å². The fourth-order valence-corrected chi connectivity index (χ4v) is 2.53. The molecule has 1 aliphatic rings. The quantitative estimate of drug-likeness (QED) is 0.495. The average Bonchev–Trinajstić information content (AvgIpc) is 2.72. The van der Waals surface area contributed by atoms with E-state index in [9.17, 15) is 0 Å². The molecule has 0 amide bonds. The normalized spacial score (nSPS) is 17.6. The highest BCUT2D eigenvalue weighted by molar-refractivity contribution is 9.10. The van der Waals surface area contributed by atoms with Crippen molar-refractivity contribution in [3.05, 3.63) is 33.1 Å². The number of hydrogen-bond donors (Lipinski definition) is 2. The lowest BCUT2D eigenvalue weighted by molar-refractivity contribution is 0.00578. The summed E-state index contributed by atoms with van der Waals surface area (Å²) in [7, 11) is -0.499. The number of aromatic nitrogens is 3. The molecule has 1 fully saturated rings. The van der Waals surface area contributed by atoms with Crippen LogP contribution >= 0.6 is 39.1 Å². The first-order chi connectivity index (χ1) is 11.9. The second-order valence-corrected chi connectivity index (χ2v) is 8.21. The highest BCUT2D eigenvalue weighted by atomic mass is 79.9. The lowest BCUT2D eigenvalue weighted by Gasteiger charge is -2.32. The van der Waals surface area contributed by atoms with Gasteiger partial charge in [-0.2, -0.15) is 0 Å². The summed E-state index contributed by atoms with van der Waals surface area (Å²) in [4.78, 5) is 11.3. The van der Waals surface area contributed by atoms with Gasteiger partial charge in [-0.05, 0) is 49.7 Å². The van der Waals surface area contributed by atoms with Crippen LogP contribution in [0.1, 0.15) is 27.7 Å². The topological polar surface area (TPSA) is 109 Å². The summed E-state index contributed by atoms with van der Waals surface area (Å²) in [5, 5.41) is 0.846. The van der Waals surface area contributed by atoms with Crippen LogP contribution in [0.25, 0.3) is 0 Å². The van der Waals surface area contributed by atoms with Gasteiger partial charge >= 0.3 is 7.12 Å². The largest absolute Gasteiger partial charge is 0.497 e. The maximum atomic E-state index is 6.12. The summed E-state index contributed by atoms with van der Waals surface area (Å²) in [5.41, 5.74) is 10.7. The molecule has 1 saturated heterocycles. The Balaban J connectivity index is 0.000000228. The Hall–Kier alpha value is -1.13. The van der Waals surface area contributed by atoms with Gasteiger partial charge in [-0.1, -0.05) is 23.2 Å². The highest BCUT2D eigenvalue weighted by Crippen LogP contribution is 2.36. The third kappa shape index (κ3) is 4.78. The molecule has 0 unspecified atom stereocenters. The van der Waals surface area contributed by atoms with E-state index in [1.54, 1.807) is 12.3 Å². The zero-order valence-corrected chi connectivity index (χ0v) is 17.9. The van der Waals surface area contributed by atoms with E-state index in [-0.39, 0.29) is 17.2 Å². The molecular formula is C15H19BBrCl2N5O2. The number of pyridine rings is 1. The van der Waals surface area contributed by atoms with Crippen LogP contribution in [-0.2, 0) is 9.31 Å². The molecule has 2 aromatic rings. The number of nitrogens with zero attached hydrogens (tertiary/aromatic N) is 3. The molecule has 3 heterocycles. The number of hydrogen-bond acceptors (Lipinski definition) is 7. The molecule has 0 aliphatic carbocycles. The van der Waals surface area contributed by atoms with Crippen molar-refractivity contribution in [1.82, 2.24) is 15.0 Å². The number of anilines is 2. The number of nitrogen functional groups attached to an aromatic ring is 2. The fourth-order valence-electron chi connectivity index (χ4n) is 1.96. The number of halogens is 3. The smallest absolute Gasteiger partial charge is 0.399 e. The maximum Gasteiger partial charge on any atom is 0.497 e. The first kappa shape index (κ1) is 21.2. The molecule has 7 nitrogen and oxygen atoms in total. The van der Waals surface area contributed by atoms with E-state index in [0.717, 1.165) is 0 Å². The summed E-state index contributed by atoms with van der Waals surface area (Å²) in [6, 6.07) is 1.60. The molecule has 4 N–H and O–H groups in total. The summed E-state index contributed by atoms with van der Waals surface area (Å²) < 4.78 is 12.4. The molecule has 26 heavy (non-hydrogen) atoms. The molecular weight excluding hydrogens is 444 g/mol. The van der Waals surface area contributed by atoms with Crippen LogP contribution in [0.3, 0.4) is 0 Å². The molecule has 3 rings (SSSR count). The van der Waals surface area contributed by atoms with Crippen molar-refractivity contribution in [2.75, 3.05) is 11.5 Å². The van der Waals surface area contributed by atoms with Crippen LogP contribution in [0.15, 0.2) is 22.9 Å². The van der Waals surface area contributed by atoms with Gasteiger partial charge in [-0.25, -0.2) is 15.0 Å². The van der Waals surface area contributed by atoms with Gasteiger partial charge in [0.05, 0.1) is 15.7 Å². The van der Waals surface area contributed by atoms with Gasteiger partial charge < -0.3 is 20.8 Å². The van der Waals surface area contributed by atoms with Gasteiger partial charge in [0, 0.05) is 22.9 Å². The molecule has 0 bridgehead atoms. The van der Waals surface area contributed by atoms with E-state index in [2.05, 4.69) is 30.9 Å². The first-order valence-corrected chi connectivity index (χ1v) is 9.18. The van der Waals surface area contributed by atoms with Crippen LogP contribution < -0.4 is 16.9 Å². The maximum absolute atomic E-state index is 6.12. The Labute approximate surface area is 171 Å². The van der Waals surface area contributed by atoms with Gasteiger partial charge in [0.2, 0.25) is 5.95 Å². The van der Waals surface area contributed by atoms with E-state index < -0.39 is 7.12 Å². The van der Waals surface area contributed by atoms with E-state index in [1.807, 2.05) is 27.7 Å². The zero-order valence-electron chi connectivity index (χ0n) is 14.8. The molecule has 2 aromatic heterocycles. The SMILES string of the molecule is CC1(C)OB(c2cnc(N)cc2Cl)OC1(C)C.Nc1ncc(Br)c(Cl)n1. The Kier molecular flexibility index (Phi) is 6.40. The zero-order chi connectivity index (χ0) is 19.7. The Morgan fingerprint density at radius 1 is 1.04 bits per heavy atom. The minimum absolute atomic E-state index is 0.184. The minimum Gasteiger partial charge on any atom is -0.399 e. The lowest BCUT2D eigenvalue weighted by atomic mass is 9.80. The monoisotopic (exact) mass is 461 g/mol. The fraction of sp³-hybridized carbons (Fsp3) is 0.400. The molecule has 140 valence electrons. The summed E-state index contributed by atoms with van der Waals surface area (Å²) >= 11 is 14.8. The van der Waals surface area contributed by atoms with Crippen molar-refractivity contribution in [3.63, 3.8) is 0 Å². The standard InChI is InChI=1S/C11H16BClN2O2.C4H3BrClN3/c1-10(2)11(3,4)17-12(16-10)7-6-15-9(14)5-8(7)13;5-2-1-8-4(7)9-3(2)6/h5-6H,1-4H3,(H2,14,15);1H,(H2,7,8,9). The molecule has 0 spiro atoms. The lowest BCUT2D eigenvalue weighted by Crippen LogP contribution is -2.41. The molecule has 0 radical (unpaired) electrons. The number of nitrogens with two attached hydrogens (primary N) is 2. The molecule has 1 aliphatic heterocycles. The van der Waals surface area contributed by atoms with Crippen molar-refractivity contribution in [3.8, 4) is 0 Å². The second-order valence-electron chi connectivity index (χ2n) is 6.59. The molecule has 0 aromatic carbocycles. The van der Waals surface area contributed by atoms with Crippen LogP contribution in [0.5, 0.6) is 0 Å². The van der Waals surface area contributed by atoms with Gasteiger partial charge in [-0.3, -0.25) is 0 Å². The summed E-state index contributed by atoms with van der Waals surface area (Å²) in [6.45, 7) is 7.97. The predicted octanol–water partition coefficient (Wildman–Crippen LogP) is 3.09. The second kappa shape index (κ2) is 7.86. The summed E-state index contributed by atoms with van der Waals surface area (Å²) in [5.74, 6) is 0.568. The van der Waals surface area contributed by atoms with Gasteiger partial charge in [-0.15, -0.1) is 0 Å². The molecule has 0 atom stereocenters. The first-order valence-electron chi connectivity index (χ1n) is 7.63. The van der Waals surface area contributed by atoms with Gasteiger partial charge in [0.15, 0.2) is 0 Å². The van der Waals surface area contributed by atoms with E-state index in [4.69, 9.17) is 44.0 Å². The average molecular weight is 463 g/mol. The Morgan fingerprint density at radius 3 is 2.08 bits per heavy atom. The minimum atomic E-state index is -0.499. The highest BCUT2D eigenvalue weighted by Gasteiger charge is 2.52. The summed E-state index contributed by atoms with van der Waals surface area (Å²) in [6.07, 6.45) is 3.10. The van der Waals surface area contributed by atoms with E-state index >= 15 is 0 Å². The van der Waals surface area contributed by atoms with Crippen LogP contribution in [0.2, 0.25) is 10.2 Å². The van der Waals surface area contributed by atoms with Crippen LogP contribution in [0, 0.1) is 0 Å². The van der Waals surface area contributed by atoms with Crippen molar-refractivity contribution >= 4 is 63.5 Å². The third-order valence-electron chi connectivity index (χ3n) is 4.13. The van der Waals surface area contributed by atoms with Gasteiger partial charge in [0.25, 0.3) is 0 Å². The third-order valence-corrected chi connectivity index (χ3v) is 5.55. The Bertz CT molecular complexity index is 794. The van der Waals surface area contributed by atoms with E-state index in [1.165, 1.54) is 6.20 Å². The van der Waals surface area contributed by atoms with Crippen molar-refractivity contribution in [1.29, 1.82) is 0 Å². The van der Waals surface area contributed by atoms with Crippen molar-refractivity contribution in [2.24, 2.45) is 0 Å². The van der Waals surface area contributed by atoms with Crippen molar-refractivity contribution < 1.29 is 9.31 Å². The Morgan fingerprint density at radius 2 is 1.62 bits per heavy atom. The van der Waals surface area contributed by atoms with Crippen LogP contribution in [-0.4, -0.2) is 33.3 Å². The molecule has 0 saturated carbocycles. The number of rotatable bonds is 1. The van der Waals surface area contributed by atoms with Crippen molar-refractivity contribution in [2.45, 2.75) is 38.9 Å².